The van der Waals surface area contributed by atoms with Crippen LogP contribution < -0.4 is 10.2 Å². The highest BCUT2D eigenvalue weighted by atomic mass is 19.1. The summed E-state index contributed by atoms with van der Waals surface area (Å²) in [6, 6.07) is 7.04. The van der Waals surface area contributed by atoms with Gasteiger partial charge in [0.2, 0.25) is 0 Å². The maximum absolute atomic E-state index is 13.1. The van der Waals surface area contributed by atoms with Gasteiger partial charge in [-0.25, -0.2) is 4.39 Å². The van der Waals surface area contributed by atoms with Crippen LogP contribution >= 0.6 is 0 Å². The fraction of sp³-hybridized carbons (Fsp3) is 0.308. The summed E-state index contributed by atoms with van der Waals surface area (Å²) in [5.74, 6) is -0.232. The Hall–Kier alpha value is -1.88. The van der Waals surface area contributed by atoms with Crippen molar-refractivity contribution < 1.29 is 8.81 Å². The Morgan fingerprint density at radius 2 is 2.28 bits per heavy atom. The second-order valence-electron chi connectivity index (χ2n) is 4.14. The first-order valence-corrected chi connectivity index (χ1v) is 5.73. The van der Waals surface area contributed by atoms with Gasteiger partial charge in [0.25, 0.3) is 6.01 Å². The van der Waals surface area contributed by atoms with Gasteiger partial charge in [0.1, 0.15) is 12.1 Å². The molecule has 1 heterocycles. The highest BCUT2D eigenvalue weighted by Gasteiger charge is 2.09. The number of hydrogen-bond donors (Lipinski definition) is 1. The van der Waals surface area contributed by atoms with Crippen molar-refractivity contribution in [2.24, 2.45) is 0 Å². The predicted molar refractivity (Wildman–Crippen MR) is 67.8 cm³/mol. The van der Waals surface area contributed by atoms with Crippen LogP contribution in [0.25, 0.3) is 0 Å². The normalized spacial score (nSPS) is 10.6. The fourth-order valence-electron chi connectivity index (χ4n) is 1.71. The minimum Gasteiger partial charge on any atom is -0.432 e. The molecule has 1 aromatic carbocycles. The lowest BCUT2D eigenvalue weighted by Crippen LogP contribution is -2.17. The van der Waals surface area contributed by atoms with E-state index in [4.69, 9.17) is 4.42 Å². The van der Waals surface area contributed by atoms with Gasteiger partial charge in [-0.15, -0.1) is 0 Å². The van der Waals surface area contributed by atoms with Gasteiger partial charge in [-0.05, 0) is 24.7 Å². The van der Waals surface area contributed by atoms with Crippen molar-refractivity contribution in [1.29, 1.82) is 0 Å². The molecule has 0 saturated heterocycles. The number of anilines is 1. The second kappa shape index (κ2) is 5.64. The molecule has 1 aromatic heterocycles. The van der Waals surface area contributed by atoms with Crippen LogP contribution in [0.2, 0.25) is 0 Å². The highest BCUT2D eigenvalue weighted by molar-refractivity contribution is 5.29. The summed E-state index contributed by atoms with van der Waals surface area (Å²) in [6.45, 7) is 1.22. The number of oxazole rings is 1. The lowest BCUT2D eigenvalue weighted by Gasteiger charge is -2.14. The minimum atomic E-state index is -0.232. The molecule has 18 heavy (non-hydrogen) atoms. The fourth-order valence-corrected chi connectivity index (χ4v) is 1.71. The van der Waals surface area contributed by atoms with E-state index >= 15 is 0 Å². The van der Waals surface area contributed by atoms with Crippen LogP contribution in [0.1, 0.15) is 11.3 Å². The molecule has 2 rings (SSSR count). The Balaban J connectivity index is 2.04. The number of rotatable bonds is 5. The van der Waals surface area contributed by atoms with E-state index in [1.54, 1.807) is 12.3 Å². The van der Waals surface area contributed by atoms with Crippen molar-refractivity contribution in [2.75, 3.05) is 19.0 Å². The standard InChI is InChI=1S/C13H16FN3O/c1-15-7-12-9-18-13(16-12)17(2)8-10-4-3-5-11(14)6-10/h3-6,9,15H,7-8H2,1-2H3. The van der Waals surface area contributed by atoms with Crippen molar-refractivity contribution in [3.8, 4) is 0 Å². The van der Waals surface area contributed by atoms with Gasteiger partial charge >= 0.3 is 0 Å². The number of benzene rings is 1. The molecule has 0 amide bonds. The molecule has 0 aliphatic heterocycles. The lowest BCUT2D eigenvalue weighted by molar-refractivity contribution is 0.542. The molecule has 0 saturated carbocycles. The summed E-state index contributed by atoms with van der Waals surface area (Å²) in [4.78, 5) is 6.16. The first kappa shape index (κ1) is 12.6. The molecule has 0 aliphatic rings. The van der Waals surface area contributed by atoms with Gasteiger partial charge in [-0.2, -0.15) is 4.98 Å². The summed E-state index contributed by atoms with van der Waals surface area (Å²) >= 11 is 0. The third-order valence-electron chi connectivity index (χ3n) is 2.53. The largest absolute Gasteiger partial charge is 0.432 e. The van der Waals surface area contributed by atoms with E-state index < -0.39 is 0 Å². The van der Waals surface area contributed by atoms with Crippen LogP contribution in [0.15, 0.2) is 34.9 Å². The van der Waals surface area contributed by atoms with E-state index in [1.807, 2.05) is 25.1 Å². The van der Waals surface area contributed by atoms with E-state index in [0.717, 1.165) is 11.3 Å². The molecule has 0 bridgehead atoms. The molecule has 0 atom stereocenters. The molecule has 0 aliphatic carbocycles. The van der Waals surface area contributed by atoms with Crippen molar-refractivity contribution in [1.82, 2.24) is 10.3 Å². The maximum atomic E-state index is 13.1. The van der Waals surface area contributed by atoms with Crippen LogP contribution in [0, 0.1) is 5.82 Å². The van der Waals surface area contributed by atoms with Crippen LogP contribution in [0.4, 0.5) is 10.4 Å². The van der Waals surface area contributed by atoms with E-state index in [9.17, 15) is 4.39 Å². The highest BCUT2D eigenvalue weighted by Crippen LogP contribution is 2.15. The zero-order valence-electron chi connectivity index (χ0n) is 10.5. The SMILES string of the molecule is CNCc1coc(N(C)Cc2cccc(F)c2)n1. The van der Waals surface area contributed by atoms with Gasteiger partial charge in [-0.3, -0.25) is 0 Å². The third-order valence-corrected chi connectivity index (χ3v) is 2.53. The van der Waals surface area contributed by atoms with E-state index in [0.29, 0.717) is 19.1 Å². The summed E-state index contributed by atoms with van der Waals surface area (Å²) < 4.78 is 18.4. The average Bonchev–Trinajstić information content (AvgIpc) is 2.78. The van der Waals surface area contributed by atoms with E-state index in [2.05, 4.69) is 10.3 Å². The summed E-state index contributed by atoms with van der Waals surface area (Å²) in [5, 5.41) is 3.00. The minimum absolute atomic E-state index is 0.232. The van der Waals surface area contributed by atoms with Crippen LogP contribution in [0.3, 0.4) is 0 Å². The number of halogens is 1. The van der Waals surface area contributed by atoms with Gasteiger partial charge in [-0.1, -0.05) is 12.1 Å². The molecular weight excluding hydrogens is 233 g/mol. The maximum Gasteiger partial charge on any atom is 0.297 e. The smallest absolute Gasteiger partial charge is 0.297 e. The Morgan fingerprint density at radius 3 is 3.00 bits per heavy atom. The van der Waals surface area contributed by atoms with Crippen LogP contribution in [-0.4, -0.2) is 19.1 Å². The molecule has 0 unspecified atom stereocenters. The van der Waals surface area contributed by atoms with Crippen molar-refractivity contribution in [2.45, 2.75) is 13.1 Å². The molecule has 1 N–H and O–H groups in total. The monoisotopic (exact) mass is 249 g/mol. The topological polar surface area (TPSA) is 41.3 Å². The molecular formula is C13H16FN3O. The quantitative estimate of drug-likeness (QED) is 0.881. The molecule has 0 spiro atoms. The Labute approximate surface area is 105 Å². The van der Waals surface area contributed by atoms with Gasteiger partial charge in [0, 0.05) is 20.1 Å². The van der Waals surface area contributed by atoms with Crippen LogP contribution in [0.5, 0.6) is 0 Å². The Bertz CT molecular complexity index is 512. The first-order chi connectivity index (χ1) is 8.69. The molecule has 0 fully saturated rings. The Kier molecular flexibility index (Phi) is 3.94. The van der Waals surface area contributed by atoms with Gasteiger partial charge in [0.05, 0.1) is 5.69 Å². The average molecular weight is 249 g/mol. The summed E-state index contributed by atoms with van der Waals surface area (Å²) in [6.07, 6.45) is 1.62. The number of nitrogens with one attached hydrogen (secondary N) is 1. The number of nitrogens with zero attached hydrogens (tertiary/aromatic N) is 2. The van der Waals surface area contributed by atoms with E-state index in [-0.39, 0.29) is 5.82 Å². The molecule has 5 heteroatoms. The molecule has 0 radical (unpaired) electrons. The van der Waals surface area contributed by atoms with Crippen molar-refractivity contribution >= 4 is 6.01 Å². The zero-order valence-corrected chi connectivity index (χ0v) is 10.5. The van der Waals surface area contributed by atoms with Crippen molar-refractivity contribution in [3.05, 3.63) is 47.6 Å². The number of hydrogen-bond acceptors (Lipinski definition) is 4. The zero-order chi connectivity index (χ0) is 13.0. The predicted octanol–water partition coefficient (Wildman–Crippen LogP) is 2.17. The first-order valence-electron chi connectivity index (χ1n) is 5.73. The summed E-state index contributed by atoms with van der Waals surface area (Å²) in [7, 11) is 3.71. The van der Waals surface area contributed by atoms with Gasteiger partial charge in [0.15, 0.2) is 0 Å². The molecule has 2 aromatic rings. The van der Waals surface area contributed by atoms with Crippen molar-refractivity contribution in [3.63, 3.8) is 0 Å². The second-order valence-corrected chi connectivity index (χ2v) is 4.14. The molecule has 96 valence electrons. The van der Waals surface area contributed by atoms with Crippen LogP contribution in [-0.2, 0) is 13.1 Å². The van der Waals surface area contributed by atoms with E-state index in [1.165, 1.54) is 12.1 Å². The third kappa shape index (κ3) is 3.07. The number of aromatic nitrogens is 1. The Morgan fingerprint density at radius 1 is 1.44 bits per heavy atom. The van der Waals surface area contributed by atoms with Gasteiger partial charge < -0.3 is 14.6 Å². The molecule has 4 nitrogen and oxygen atoms in total. The lowest BCUT2D eigenvalue weighted by atomic mass is 10.2. The summed E-state index contributed by atoms with van der Waals surface area (Å²) in [5.41, 5.74) is 1.73.